The fourth-order valence-corrected chi connectivity index (χ4v) is 2.78. The molecule has 5 nitrogen and oxygen atoms in total. The molecule has 2 aromatic rings. The van der Waals surface area contributed by atoms with Crippen LogP contribution < -0.4 is 0 Å². The van der Waals surface area contributed by atoms with Gasteiger partial charge in [-0.25, -0.2) is 9.59 Å². The molecule has 0 radical (unpaired) electrons. The summed E-state index contributed by atoms with van der Waals surface area (Å²) in [6, 6.07) is 9.55. The van der Waals surface area contributed by atoms with Crippen LogP contribution in [0.4, 0.5) is 0 Å². The second kappa shape index (κ2) is 8.33. The van der Waals surface area contributed by atoms with Crippen LogP contribution in [-0.4, -0.2) is 30.1 Å². The summed E-state index contributed by atoms with van der Waals surface area (Å²) >= 11 is 0. The summed E-state index contributed by atoms with van der Waals surface area (Å²) < 4.78 is 10.2. The number of hydrogen-bond acceptors (Lipinski definition) is 4. The number of carbonyl (C=O) groups is 2. The van der Waals surface area contributed by atoms with Crippen LogP contribution in [0.25, 0.3) is 5.57 Å². The fourth-order valence-electron chi connectivity index (χ4n) is 2.78. The number of aromatic nitrogens is 1. The van der Waals surface area contributed by atoms with Gasteiger partial charge in [-0.2, -0.15) is 0 Å². The van der Waals surface area contributed by atoms with Gasteiger partial charge >= 0.3 is 11.9 Å². The number of rotatable bonds is 6. The lowest BCUT2D eigenvalue weighted by Gasteiger charge is -2.10. The Morgan fingerprint density at radius 3 is 2.28 bits per heavy atom. The van der Waals surface area contributed by atoms with E-state index < -0.39 is 11.9 Å². The normalized spacial score (nSPS) is 11.3. The summed E-state index contributed by atoms with van der Waals surface area (Å²) in [4.78, 5) is 27.3. The predicted molar refractivity (Wildman–Crippen MR) is 96.4 cm³/mol. The molecule has 0 fully saturated rings. The van der Waals surface area contributed by atoms with Crippen LogP contribution in [0.5, 0.6) is 0 Å². The first-order chi connectivity index (χ1) is 12.0. The molecule has 25 heavy (non-hydrogen) atoms. The lowest BCUT2D eigenvalue weighted by atomic mass is 9.94. The minimum absolute atomic E-state index is 0.301. The summed E-state index contributed by atoms with van der Waals surface area (Å²) in [6.07, 6.45) is 1.47. The average Bonchev–Trinajstić information content (AvgIpc) is 2.89. The molecule has 1 aromatic carbocycles. The molecule has 0 spiro atoms. The van der Waals surface area contributed by atoms with Crippen LogP contribution >= 0.6 is 0 Å². The maximum Gasteiger partial charge on any atom is 0.355 e. The lowest BCUT2D eigenvalue weighted by molar-refractivity contribution is -0.137. The molecule has 0 saturated heterocycles. The molecule has 5 heteroatoms. The van der Waals surface area contributed by atoms with Gasteiger partial charge in [0.25, 0.3) is 0 Å². The summed E-state index contributed by atoms with van der Waals surface area (Å²) in [5, 5.41) is 0. The van der Waals surface area contributed by atoms with E-state index in [2.05, 4.69) is 4.98 Å². The average molecular weight is 341 g/mol. The largest absolute Gasteiger partial charge is 0.463 e. The first-order valence-electron chi connectivity index (χ1n) is 8.30. The van der Waals surface area contributed by atoms with Crippen molar-refractivity contribution in [2.24, 2.45) is 0 Å². The molecular formula is C20H23NO4. The van der Waals surface area contributed by atoms with Gasteiger partial charge in [-0.05, 0) is 44.4 Å². The number of aryl methyl sites for hydroxylation is 1. The predicted octanol–water partition coefficient (Wildman–Crippen LogP) is 3.80. The zero-order valence-electron chi connectivity index (χ0n) is 15.0. The molecule has 0 atom stereocenters. The Morgan fingerprint density at radius 2 is 1.68 bits per heavy atom. The zero-order chi connectivity index (χ0) is 18.4. The highest BCUT2D eigenvalue weighted by molar-refractivity contribution is 5.99. The highest BCUT2D eigenvalue weighted by atomic mass is 16.5. The zero-order valence-corrected chi connectivity index (χ0v) is 15.0. The number of ether oxygens (including phenoxy) is 2. The molecule has 2 rings (SSSR count). The first kappa shape index (κ1) is 18.5. The van der Waals surface area contributed by atoms with Gasteiger partial charge in [0, 0.05) is 17.3 Å². The Balaban J connectivity index is 2.59. The second-order valence-electron chi connectivity index (χ2n) is 5.52. The molecule has 0 aliphatic heterocycles. The van der Waals surface area contributed by atoms with E-state index in [1.54, 1.807) is 13.8 Å². The van der Waals surface area contributed by atoms with E-state index in [0.29, 0.717) is 24.5 Å². The highest BCUT2D eigenvalue weighted by Gasteiger charge is 2.22. The molecule has 1 N–H and O–H groups in total. The van der Waals surface area contributed by atoms with Crippen molar-refractivity contribution in [3.63, 3.8) is 0 Å². The molecule has 0 aliphatic rings. The number of benzene rings is 1. The third kappa shape index (κ3) is 4.18. The van der Waals surface area contributed by atoms with E-state index >= 15 is 0 Å². The molecular weight excluding hydrogens is 318 g/mol. The number of carbonyl (C=O) groups excluding carboxylic acids is 2. The Hall–Kier alpha value is -2.82. The smallest absolute Gasteiger partial charge is 0.355 e. The van der Waals surface area contributed by atoms with Crippen LogP contribution in [0, 0.1) is 13.8 Å². The molecule has 0 unspecified atom stereocenters. The molecule has 0 bridgehead atoms. The summed E-state index contributed by atoms with van der Waals surface area (Å²) in [7, 11) is 0. The van der Waals surface area contributed by atoms with E-state index in [0.717, 1.165) is 22.4 Å². The third-order valence-electron chi connectivity index (χ3n) is 3.82. The number of aromatic amines is 1. The van der Waals surface area contributed by atoms with E-state index in [1.807, 2.05) is 44.2 Å². The third-order valence-corrected chi connectivity index (χ3v) is 3.82. The minimum atomic E-state index is -0.418. The van der Waals surface area contributed by atoms with Gasteiger partial charge in [-0.15, -0.1) is 0 Å². The van der Waals surface area contributed by atoms with Crippen molar-refractivity contribution in [3.8, 4) is 0 Å². The summed E-state index contributed by atoms with van der Waals surface area (Å²) in [6.45, 7) is 7.84. The van der Waals surface area contributed by atoms with E-state index in [1.165, 1.54) is 6.08 Å². The Kier molecular flexibility index (Phi) is 6.17. The van der Waals surface area contributed by atoms with Crippen molar-refractivity contribution in [1.82, 2.24) is 4.98 Å². The van der Waals surface area contributed by atoms with Crippen molar-refractivity contribution in [3.05, 3.63) is 64.5 Å². The van der Waals surface area contributed by atoms with E-state index in [-0.39, 0.29) is 0 Å². The van der Waals surface area contributed by atoms with Gasteiger partial charge in [-0.3, -0.25) is 0 Å². The highest BCUT2D eigenvalue weighted by Crippen LogP contribution is 2.31. The van der Waals surface area contributed by atoms with Gasteiger partial charge in [0.2, 0.25) is 0 Å². The van der Waals surface area contributed by atoms with Crippen LogP contribution in [0.1, 0.15) is 46.7 Å². The Labute approximate surface area is 147 Å². The van der Waals surface area contributed by atoms with Crippen molar-refractivity contribution in [2.75, 3.05) is 13.2 Å². The maximum atomic E-state index is 12.2. The van der Waals surface area contributed by atoms with Crippen molar-refractivity contribution in [2.45, 2.75) is 27.7 Å². The molecule has 0 saturated carbocycles. The first-order valence-corrected chi connectivity index (χ1v) is 8.30. The number of hydrogen-bond donors (Lipinski definition) is 1. The van der Waals surface area contributed by atoms with Gasteiger partial charge < -0.3 is 14.5 Å². The maximum absolute atomic E-state index is 12.2. The Morgan fingerprint density at radius 1 is 1.04 bits per heavy atom. The lowest BCUT2D eigenvalue weighted by Crippen LogP contribution is -2.07. The van der Waals surface area contributed by atoms with Crippen molar-refractivity contribution in [1.29, 1.82) is 0 Å². The number of esters is 2. The number of H-pyrrole nitrogens is 1. The van der Waals surface area contributed by atoms with Crippen LogP contribution in [-0.2, 0) is 14.3 Å². The molecule has 1 aromatic heterocycles. The van der Waals surface area contributed by atoms with Gasteiger partial charge in [-0.1, -0.05) is 30.3 Å². The van der Waals surface area contributed by atoms with Crippen molar-refractivity contribution < 1.29 is 19.1 Å². The quantitative estimate of drug-likeness (QED) is 0.641. The Bertz CT molecular complexity index is 788. The SMILES string of the molecule is CCOC(=O)/C=C(/c1ccccc1)c1c(C)[nH]c(C(=O)OCC)c1C. The summed E-state index contributed by atoms with van der Waals surface area (Å²) in [5.74, 6) is -0.822. The van der Waals surface area contributed by atoms with Gasteiger partial charge in [0.1, 0.15) is 5.69 Å². The monoisotopic (exact) mass is 341 g/mol. The number of nitrogens with one attached hydrogen (secondary N) is 1. The molecule has 132 valence electrons. The summed E-state index contributed by atoms with van der Waals surface area (Å²) in [5.41, 5.74) is 4.33. The van der Waals surface area contributed by atoms with Crippen LogP contribution in [0.2, 0.25) is 0 Å². The van der Waals surface area contributed by atoms with Crippen molar-refractivity contribution >= 4 is 17.5 Å². The van der Waals surface area contributed by atoms with E-state index in [9.17, 15) is 9.59 Å². The van der Waals surface area contributed by atoms with E-state index in [4.69, 9.17) is 9.47 Å². The minimum Gasteiger partial charge on any atom is -0.463 e. The van der Waals surface area contributed by atoms with Crippen LogP contribution in [0.15, 0.2) is 36.4 Å². The standard InChI is InChI=1S/C20H23NO4/c1-5-24-17(22)12-16(15-10-8-7-9-11-15)18-13(3)19(21-14(18)4)20(23)25-6-2/h7-12,21H,5-6H2,1-4H3/b16-12-. The second-order valence-corrected chi connectivity index (χ2v) is 5.52. The van der Waals surface area contributed by atoms with Gasteiger partial charge in [0.05, 0.1) is 13.2 Å². The molecule has 0 amide bonds. The molecule has 0 aliphatic carbocycles. The topological polar surface area (TPSA) is 68.4 Å². The van der Waals surface area contributed by atoms with Gasteiger partial charge in [0.15, 0.2) is 0 Å². The molecule has 1 heterocycles. The fraction of sp³-hybridized carbons (Fsp3) is 0.300. The van der Waals surface area contributed by atoms with Crippen LogP contribution in [0.3, 0.4) is 0 Å².